The molecule has 196 valence electrons. The lowest BCUT2D eigenvalue weighted by atomic mass is 9.91. The molecule has 3 aromatic heterocycles. The fraction of sp³-hybridized carbons (Fsp3) is 0.296. The van der Waals surface area contributed by atoms with Gasteiger partial charge in [0.25, 0.3) is 0 Å². The van der Waals surface area contributed by atoms with E-state index in [1.807, 2.05) is 6.92 Å². The third-order valence-corrected chi connectivity index (χ3v) is 5.96. The summed E-state index contributed by atoms with van der Waals surface area (Å²) in [5, 5.41) is 2.85. The van der Waals surface area contributed by atoms with Crippen molar-refractivity contribution in [1.29, 1.82) is 0 Å². The lowest BCUT2D eigenvalue weighted by Crippen LogP contribution is -2.45. The first-order chi connectivity index (χ1) is 18.4. The van der Waals surface area contributed by atoms with Crippen molar-refractivity contribution in [3.05, 3.63) is 72.7 Å². The highest BCUT2D eigenvalue weighted by Gasteiger charge is 2.41. The van der Waals surface area contributed by atoms with Gasteiger partial charge in [-0.2, -0.15) is 4.98 Å². The molecule has 0 unspecified atom stereocenters. The normalized spacial score (nSPS) is 19.2. The molecule has 1 aromatic carbocycles. The van der Waals surface area contributed by atoms with Crippen LogP contribution in [0.15, 0.2) is 61.1 Å². The number of H-pyrrole nitrogens is 1. The van der Waals surface area contributed by atoms with Crippen LogP contribution >= 0.6 is 0 Å². The van der Waals surface area contributed by atoms with Gasteiger partial charge in [-0.25, -0.2) is 14.4 Å². The summed E-state index contributed by atoms with van der Waals surface area (Å²) in [5.41, 5.74) is 2.00. The molecule has 1 aliphatic heterocycles. The molecular weight excluding hydrogens is 491 g/mol. The van der Waals surface area contributed by atoms with Gasteiger partial charge >= 0.3 is 6.01 Å². The Morgan fingerprint density at radius 3 is 2.66 bits per heavy atom. The van der Waals surface area contributed by atoms with Crippen molar-refractivity contribution in [3.8, 4) is 28.7 Å². The zero-order valence-electron chi connectivity index (χ0n) is 21.0. The molecule has 0 atom stereocenters. The van der Waals surface area contributed by atoms with E-state index in [1.54, 1.807) is 55.8 Å². The monoisotopic (exact) mass is 518 g/mol. The topological polar surface area (TPSA) is 124 Å². The van der Waals surface area contributed by atoms with E-state index in [-0.39, 0.29) is 30.9 Å². The van der Waals surface area contributed by atoms with E-state index in [0.717, 1.165) is 6.42 Å². The van der Waals surface area contributed by atoms with Crippen molar-refractivity contribution >= 4 is 11.6 Å². The maximum absolute atomic E-state index is 13.6. The molecule has 1 fully saturated rings. The van der Waals surface area contributed by atoms with Gasteiger partial charge in [0.15, 0.2) is 5.82 Å². The summed E-state index contributed by atoms with van der Waals surface area (Å²) in [6.07, 6.45) is 4.77. The van der Waals surface area contributed by atoms with Crippen LogP contribution in [-0.2, 0) is 14.3 Å². The SMILES string of the molecule is CCCOc1nccc(-c2[nH]c(C3OCC(C)(C(=O)Nc4cccnc4)CO3)nc2-c2ccc(F)cc2)n1. The maximum Gasteiger partial charge on any atom is 0.316 e. The number of benzene rings is 1. The van der Waals surface area contributed by atoms with E-state index in [9.17, 15) is 9.18 Å². The molecule has 5 rings (SSSR count). The number of rotatable bonds is 8. The first-order valence-electron chi connectivity index (χ1n) is 12.2. The Kier molecular flexibility index (Phi) is 7.38. The van der Waals surface area contributed by atoms with Crippen molar-refractivity contribution < 1.29 is 23.4 Å². The van der Waals surface area contributed by atoms with Crippen molar-refractivity contribution in [3.63, 3.8) is 0 Å². The number of halogens is 1. The molecule has 1 saturated heterocycles. The Hall–Kier alpha value is -4.22. The highest BCUT2D eigenvalue weighted by Crippen LogP contribution is 2.36. The van der Waals surface area contributed by atoms with Crippen LogP contribution in [0.3, 0.4) is 0 Å². The van der Waals surface area contributed by atoms with Crippen LogP contribution in [0.5, 0.6) is 6.01 Å². The number of amides is 1. The van der Waals surface area contributed by atoms with Gasteiger partial charge in [-0.1, -0.05) is 6.92 Å². The van der Waals surface area contributed by atoms with Crippen molar-refractivity contribution in [1.82, 2.24) is 24.9 Å². The van der Waals surface area contributed by atoms with Gasteiger partial charge in [0.1, 0.15) is 5.82 Å². The standard InChI is InChI=1S/C27H27FN6O4/c1-3-13-36-26-30-12-10-20(32-26)22-21(17-6-8-18(28)9-7-17)33-23(34-22)24-37-15-27(2,16-38-24)25(35)31-19-5-4-11-29-14-19/h4-12,14,24H,3,13,15-16H2,1-2H3,(H,31,35)(H,33,34). The minimum atomic E-state index is -0.917. The summed E-state index contributed by atoms with van der Waals surface area (Å²) in [4.78, 5) is 33.6. The van der Waals surface area contributed by atoms with Crippen molar-refractivity contribution in [2.75, 3.05) is 25.1 Å². The van der Waals surface area contributed by atoms with Gasteiger partial charge in [0.05, 0.1) is 54.2 Å². The number of carbonyl (C=O) groups is 1. The van der Waals surface area contributed by atoms with Crippen LogP contribution in [0.4, 0.5) is 10.1 Å². The highest BCUT2D eigenvalue weighted by molar-refractivity contribution is 5.95. The second kappa shape index (κ2) is 11.0. The van der Waals surface area contributed by atoms with Gasteiger partial charge in [-0.05, 0) is 55.8 Å². The van der Waals surface area contributed by atoms with Crippen LogP contribution in [-0.4, -0.2) is 50.6 Å². The summed E-state index contributed by atoms with van der Waals surface area (Å²) in [7, 11) is 0. The number of ether oxygens (including phenoxy) is 3. The first kappa shape index (κ1) is 25.4. The first-order valence-corrected chi connectivity index (χ1v) is 12.2. The average Bonchev–Trinajstić information content (AvgIpc) is 3.39. The molecule has 4 aromatic rings. The lowest BCUT2D eigenvalue weighted by Gasteiger charge is -2.35. The van der Waals surface area contributed by atoms with E-state index in [0.29, 0.717) is 40.8 Å². The number of hydrogen-bond acceptors (Lipinski definition) is 8. The quantitative estimate of drug-likeness (QED) is 0.348. The van der Waals surface area contributed by atoms with E-state index in [2.05, 4.69) is 25.3 Å². The van der Waals surface area contributed by atoms with Gasteiger partial charge in [0.2, 0.25) is 12.2 Å². The molecule has 11 heteroatoms. The number of nitrogens with zero attached hydrogens (tertiary/aromatic N) is 4. The fourth-order valence-corrected chi connectivity index (χ4v) is 3.86. The summed E-state index contributed by atoms with van der Waals surface area (Å²) in [6, 6.07) is 11.5. The van der Waals surface area contributed by atoms with E-state index in [1.165, 1.54) is 12.1 Å². The number of nitrogens with one attached hydrogen (secondary N) is 2. The Morgan fingerprint density at radius 2 is 1.95 bits per heavy atom. The molecule has 0 spiro atoms. The predicted octanol–water partition coefficient (Wildman–Crippen LogP) is 4.55. The number of hydrogen-bond donors (Lipinski definition) is 2. The van der Waals surface area contributed by atoms with Crippen molar-refractivity contribution in [2.24, 2.45) is 5.41 Å². The molecule has 1 amide bonds. The Labute approximate surface area is 218 Å². The minimum Gasteiger partial charge on any atom is -0.463 e. The van der Waals surface area contributed by atoms with Crippen LogP contribution in [0.1, 0.15) is 32.4 Å². The molecule has 4 heterocycles. The molecule has 1 aliphatic rings. The molecule has 2 N–H and O–H groups in total. The van der Waals surface area contributed by atoms with Gasteiger partial charge < -0.3 is 24.5 Å². The number of aromatic nitrogens is 5. The summed E-state index contributed by atoms with van der Waals surface area (Å²) >= 11 is 0. The number of imidazole rings is 1. The van der Waals surface area contributed by atoms with Gasteiger partial charge in [-0.3, -0.25) is 9.78 Å². The predicted molar refractivity (Wildman–Crippen MR) is 136 cm³/mol. The highest BCUT2D eigenvalue weighted by atomic mass is 19.1. The average molecular weight is 519 g/mol. The van der Waals surface area contributed by atoms with Crippen LogP contribution in [0, 0.1) is 11.2 Å². The third-order valence-electron chi connectivity index (χ3n) is 5.96. The van der Waals surface area contributed by atoms with Crippen LogP contribution in [0.2, 0.25) is 0 Å². The summed E-state index contributed by atoms with van der Waals surface area (Å²) in [6.45, 7) is 4.46. The maximum atomic E-state index is 13.6. The molecule has 10 nitrogen and oxygen atoms in total. The number of pyridine rings is 1. The zero-order valence-corrected chi connectivity index (χ0v) is 21.0. The second-order valence-electron chi connectivity index (χ2n) is 9.14. The number of carbonyl (C=O) groups excluding carboxylic acids is 1. The summed E-state index contributed by atoms with van der Waals surface area (Å²) < 4.78 is 31.1. The lowest BCUT2D eigenvalue weighted by molar-refractivity contribution is -0.229. The van der Waals surface area contributed by atoms with Gasteiger partial charge in [0, 0.05) is 18.0 Å². The van der Waals surface area contributed by atoms with Crippen molar-refractivity contribution in [2.45, 2.75) is 26.6 Å². The minimum absolute atomic E-state index is 0.105. The van der Waals surface area contributed by atoms with Crippen LogP contribution < -0.4 is 10.1 Å². The number of anilines is 1. The molecule has 0 bridgehead atoms. The molecule has 38 heavy (non-hydrogen) atoms. The summed E-state index contributed by atoms with van der Waals surface area (Å²) in [5.74, 6) is -0.202. The fourth-order valence-electron chi connectivity index (χ4n) is 3.86. The molecule has 0 radical (unpaired) electrons. The molecule has 0 aliphatic carbocycles. The third kappa shape index (κ3) is 5.53. The molecular formula is C27H27FN6O4. The Balaban J connectivity index is 1.39. The molecule has 0 saturated carbocycles. The van der Waals surface area contributed by atoms with E-state index >= 15 is 0 Å². The number of aromatic amines is 1. The van der Waals surface area contributed by atoms with Crippen LogP contribution in [0.25, 0.3) is 22.6 Å². The smallest absolute Gasteiger partial charge is 0.316 e. The largest absolute Gasteiger partial charge is 0.463 e. The van der Waals surface area contributed by atoms with E-state index < -0.39 is 11.7 Å². The Morgan fingerprint density at radius 1 is 1.16 bits per heavy atom. The van der Waals surface area contributed by atoms with Gasteiger partial charge in [-0.15, -0.1) is 0 Å². The Bertz CT molecular complexity index is 1390. The second-order valence-corrected chi connectivity index (χ2v) is 9.14. The zero-order chi connectivity index (χ0) is 26.5. The van der Waals surface area contributed by atoms with E-state index in [4.69, 9.17) is 19.2 Å².